The van der Waals surface area contributed by atoms with Crippen LogP contribution in [-0.4, -0.2) is 9.97 Å². The van der Waals surface area contributed by atoms with Gasteiger partial charge in [0.05, 0.1) is 5.69 Å². The van der Waals surface area contributed by atoms with E-state index in [9.17, 15) is 0 Å². The van der Waals surface area contributed by atoms with Crippen LogP contribution >= 0.6 is 11.3 Å². The highest BCUT2D eigenvalue weighted by atomic mass is 32.1. The van der Waals surface area contributed by atoms with Crippen molar-refractivity contribution in [3.05, 3.63) is 59.1 Å². The summed E-state index contributed by atoms with van der Waals surface area (Å²) in [4.78, 5) is 9.11. The highest BCUT2D eigenvalue weighted by molar-refractivity contribution is 7.13. The lowest BCUT2D eigenvalue weighted by Crippen LogP contribution is -1.95. The van der Waals surface area contributed by atoms with Crippen molar-refractivity contribution in [1.82, 2.24) is 9.97 Å². The molecule has 0 aliphatic carbocycles. The second-order valence-corrected chi connectivity index (χ2v) is 5.47. The van der Waals surface area contributed by atoms with Gasteiger partial charge in [-0.1, -0.05) is 30.3 Å². The minimum atomic E-state index is 0.565. The molecular weight excluding hydrogens is 266 g/mol. The zero-order valence-electron chi connectivity index (χ0n) is 11.2. The molecule has 4 heteroatoms. The van der Waals surface area contributed by atoms with E-state index in [0.717, 1.165) is 33.1 Å². The van der Waals surface area contributed by atoms with Crippen LogP contribution in [0.5, 0.6) is 0 Å². The van der Waals surface area contributed by atoms with Crippen molar-refractivity contribution in [2.24, 2.45) is 5.73 Å². The first-order valence-electron chi connectivity index (χ1n) is 6.45. The molecule has 0 fully saturated rings. The molecule has 0 aliphatic rings. The Hall–Kier alpha value is -2.04. The van der Waals surface area contributed by atoms with Crippen molar-refractivity contribution in [1.29, 1.82) is 0 Å². The van der Waals surface area contributed by atoms with Gasteiger partial charge in [0.15, 0.2) is 0 Å². The van der Waals surface area contributed by atoms with Gasteiger partial charge in [-0.2, -0.15) is 0 Å². The first-order valence-corrected chi connectivity index (χ1v) is 7.33. The van der Waals surface area contributed by atoms with Crippen LogP contribution in [0.25, 0.3) is 22.0 Å². The SMILES string of the molecule is Cc1cccnc1-c1nc(-c2ccc(CN)cc2)cs1. The highest BCUT2D eigenvalue weighted by Gasteiger charge is 2.09. The molecule has 3 aromatic rings. The molecule has 100 valence electrons. The van der Waals surface area contributed by atoms with Crippen molar-refractivity contribution in [3.8, 4) is 22.0 Å². The lowest BCUT2D eigenvalue weighted by Gasteiger charge is -2.00. The van der Waals surface area contributed by atoms with Crippen molar-refractivity contribution < 1.29 is 0 Å². The van der Waals surface area contributed by atoms with E-state index in [4.69, 9.17) is 10.7 Å². The minimum Gasteiger partial charge on any atom is -0.326 e. The third-order valence-corrected chi connectivity index (χ3v) is 4.05. The summed E-state index contributed by atoms with van der Waals surface area (Å²) in [6.45, 7) is 2.62. The highest BCUT2D eigenvalue weighted by Crippen LogP contribution is 2.29. The summed E-state index contributed by atoms with van der Waals surface area (Å²) in [6.07, 6.45) is 1.81. The number of nitrogens with zero attached hydrogens (tertiary/aromatic N) is 2. The number of pyridine rings is 1. The van der Waals surface area contributed by atoms with Gasteiger partial charge in [0.2, 0.25) is 0 Å². The van der Waals surface area contributed by atoms with E-state index in [1.807, 2.05) is 18.2 Å². The number of thiazole rings is 1. The topological polar surface area (TPSA) is 51.8 Å². The van der Waals surface area contributed by atoms with Gasteiger partial charge in [0, 0.05) is 23.7 Å². The van der Waals surface area contributed by atoms with Crippen LogP contribution in [0.15, 0.2) is 48.0 Å². The van der Waals surface area contributed by atoms with Crippen LogP contribution in [0, 0.1) is 6.92 Å². The molecule has 1 aromatic carbocycles. The van der Waals surface area contributed by atoms with Crippen molar-refractivity contribution in [2.45, 2.75) is 13.5 Å². The molecule has 3 nitrogen and oxygen atoms in total. The normalized spacial score (nSPS) is 10.7. The second kappa shape index (κ2) is 5.53. The third kappa shape index (κ3) is 2.48. The maximum Gasteiger partial charge on any atom is 0.142 e. The molecule has 0 radical (unpaired) electrons. The monoisotopic (exact) mass is 281 g/mol. The molecule has 2 N–H and O–H groups in total. The van der Waals surface area contributed by atoms with E-state index >= 15 is 0 Å². The molecular formula is C16H15N3S. The quantitative estimate of drug-likeness (QED) is 0.797. The molecule has 0 saturated carbocycles. The molecule has 0 aliphatic heterocycles. The van der Waals surface area contributed by atoms with Crippen LogP contribution in [0.3, 0.4) is 0 Å². The maximum atomic E-state index is 5.61. The third-order valence-electron chi connectivity index (χ3n) is 3.20. The Kier molecular flexibility index (Phi) is 3.58. The fraction of sp³-hybridized carbons (Fsp3) is 0.125. The molecule has 0 atom stereocenters. The van der Waals surface area contributed by atoms with Gasteiger partial charge in [0.1, 0.15) is 10.7 Å². The average Bonchev–Trinajstić information content (AvgIpc) is 2.97. The number of rotatable bonds is 3. The summed E-state index contributed by atoms with van der Waals surface area (Å²) in [7, 11) is 0. The summed E-state index contributed by atoms with van der Waals surface area (Å²) in [5.41, 5.74) is 10.9. The van der Waals surface area contributed by atoms with Gasteiger partial charge in [-0.3, -0.25) is 4.98 Å². The van der Waals surface area contributed by atoms with Gasteiger partial charge in [-0.15, -0.1) is 11.3 Å². The van der Waals surface area contributed by atoms with Gasteiger partial charge in [-0.25, -0.2) is 4.98 Å². The Morgan fingerprint density at radius 1 is 1.15 bits per heavy atom. The predicted molar refractivity (Wildman–Crippen MR) is 83.4 cm³/mol. The lowest BCUT2D eigenvalue weighted by atomic mass is 10.1. The van der Waals surface area contributed by atoms with Gasteiger partial charge >= 0.3 is 0 Å². The maximum absolute atomic E-state index is 5.61. The molecule has 0 unspecified atom stereocenters. The van der Waals surface area contributed by atoms with E-state index in [0.29, 0.717) is 6.54 Å². The number of aromatic nitrogens is 2. The molecule has 20 heavy (non-hydrogen) atoms. The van der Waals surface area contributed by atoms with Crippen LogP contribution in [-0.2, 0) is 6.54 Å². The first-order chi connectivity index (χ1) is 9.78. The van der Waals surface area contributed by atoms with Crippen molar-refractivity contribution in [3.63, 3.8) is 0 Å². The Morgan fingerprint density at radius 2 is 1.95 bits per heavy atom. The summed E-state index contributed by atoms with van der Waals surface area (Å²) < 4.78 is 0. The Morgan fingerprint density at radius 3 is 2.65 bits per heavy atom. The molecule has 3 rings (SSSR count). The van der Waals surface area contributed by atoms with Gasteiger partial charge < -0.3 is 5.73 Å². The summed E-state index contributed by atoms with van der Waals surface area (Å²) in [6, 6.07) is 12.2. The average molecular weight is 281 g/mol. The fourth-order valence-electron chi connectivity index (χ4n) is 2.04. The molecule has 0 spiro atoms. The van der Waals surface area contributed by atoms with Gasteiger partial charge in [0.25, 0.3) is 0 Å². The van der Waals surface area contributed by atoms with E-state index in [1.165, 1.54) is 0 Å². The fourth-order valence-corrected chi connectivity index (χ4v) is 2.92. The number of benzene rings is 1. The molecule has 0 saturated heterocycles. The Bertz CT molecular complexity index is 717. The summed E-state index contributed by atoms with van der Waals surface area (Å²) in [5, 5.41) is 3.03. The van der Waals surface area contributed by atoms with E-state index < -0.39 is 0 Å². The Labute approximate surface area is 122 Å². The number of nitrogens with two attached hydrogens (primary N) is 1. The standard InChI is InChI=1S/C16H15N3S/c1-11-3-2-8-18-15(11)16-19-14(10-20-16)13-6-4-12(9-17)5-7-13/h2-8,10H,9,17H2,1H3. The Balaban J connectivity index is 1.95. The van der Waals surface area contributed by atoms with Crippen LogP contribution in [0.1, 0.15) is 11.1 Å². The summed E-state index contributed by atoms with van der Waals surface area (Å²) >= 11 is 1.62. The minimum absolute atomic E-state index is 0.565. The molecule has 0 bridgehead atoms. The van der Waals surface area contributed by atoms with E-state index in [2.05, 4.69) is 35.5 Å². The molecule has 0 amide bonds. The van der Waals surface area contributed by atoms with Crippen LogP contribution < -0.4 is 5.73 Å². The summed E-state index contributed by atoms with van der Waals surface area (Å²) in [5.74, 6) is 0. The predicted octanol–water partition coefficient (Wildman–Crippen LogP) is 3.64. The smallest absolute Gasteiger partial charge is 0.142 e. The number of aryl methyl sites for hydroxylation is 1. The van der Waals surface area contributed by atoms with E-state index in [1.54, 1.807) is 17.5 Å². The van der Waals surface area contributed by atoms with Crippen molar-refractivity contribution >= 4 is 11.3 Å². The number of hydrogen-bond donors (Lipinski definition) is 1. The zero-order chi connectivity index (χ0) is 13.9. The van der Waals surface area contributed by atoms with Crippen molar-refractivity contribution in [2.75, 3.05) is 0 Å². The second-order valence-electron chi connectivity index (χ2n) is 4.61. The lowest BCUT2D eigenvalue weighted by molar-refractivity contribution is 1.07. The van der Waals surface area contributed by atoms with Crippen LogP contribution in [0.2, 0.25) is 0 Å². The van der Waals surface area contributed by atoms with E-state index in [-0.39, 0.29) is 0 Å². The largest absolute Gasteiger partial charge is 0.326 e. The molecule has 2 aromatic heterocycles. The number of hydrogen-bond acceptors (Lipinski definition) is 4. The first kappa shape index (κ1) is 13.0. The van der Waals surface area contributed by atoms with Crippen LogP contribution in [0.4, 0.5) is 0 Å². The van der Waals surface area contributed by atoms with Gasteiger partial charge in [-0.05, 0) is 24.1 Å². The molecule has 2 heterocycles. The zero-order valence-corrected chi connectivity index (χ0v) is 12.0.